The van der Waals surface area contributed by atoms with Crippen LogP contribution in [0, 0.1) is 0 Å². The van der Waals surface area contributed by atoms with Crippen LogP contribution in [0.25, 0.3) is 0 Å². The largest absolute Gasteiger partial charge is 0.508 e. The molecule has 2 amide bonds. The van der Waals surface area contributed by atoms with Crippen molar-refractivity contribution in [3.8, 4) is 5.75 Å². The molecule has 0 atom stereocenters. The van der Waals surface area contributed by atoms with Crippen molar-refractivity contribution >= 4 is 17.7 Å². The predicted octanol–water partition coefficient (Wildman–Crippen LogP) is 0.795. The van der Waals surface area contributed by atoms with Crippen LogP contribution in [-0.4, -0.2) is 32.4 Å². The highest BCUT2D eigenvalue weighted by Gasteiger charge is 2.13. The molecule has 0 unspecified atom stereocenters. The Morgan fingerprint density at radius 1 is 1.35 bits per heavy atom. The van der Waals surface area contributed by atoms with E-state index in [1.54, 1.807) is 0 Å². The van der Waals surface area contributed by atoms with Crippen molar-refractivity contribution in [1.82, 2.24) is 15.5 Å². The monoisotopic (exact) mass is 278 g/mol. The van der Waals surface area contributed by atoms with Gasteiger partial charge in [-0.05, 0) is 18.2 Å². The second-order valence-corrected chi connectivity index (χ2v) is 3.69. The summed E-state index contributed by atoms with van der Waals surface area (Å²) in [6, 6.07) is 2.95. The van der Waals surface area contributed by atoms with Crippen LogP contribution in [0.1, 0.15) is 16.2 Å². The lowest BCUT2D eigenvalue weighted by atomic mass is 10.1. The third-order valence-electron chi connectivity index (χ3n) is 2.30. The van der Waals surface area contributed by atoms with Crippen molar-refractivity contribution in [3.63, 3.8) is 0 Å². The highest BCUT2D eigenvalue weighted by Crippen LogP contribution is 2.21. The van der Waals surface area contributed by atoms with Gasteiger partial charge in [0, 0.05) is 0 Å². The number of nitrogens with zero attached hydrogens (tertiary/aromatic N) is 2. The molecule has 2 aromatic rings. The lowest BCUT2D eigenvalue weighted by Gasteiger charge is -2.09. The SMILES string of the molecule is O=C(NCc1ncon1)Nc1ccc(O)cc1C(=O)O. The number of urea groups is 1. The summed E-state index contributed by atoms with van der Waals surface area (Å²) in [5.41, 5.74) is -0.166. The topological polar surface area (TPSA) is 138 Å². The van der Waals surface area contributed by atoms with E-state index in [1.165, 1.54) is 12.1 Å². The zero-order valence-corrected chi connectivity index (χ0v) is 10.0. The minimum atomic E-state index is -1.27. The van der Waals surface area contributed by atoms with E-state index >= 15 is 0 Å². The zero-order valence-electron chi connectivity index (χ0n) is 10.0. The number of carbonyl (C=O) groups is 2. The van der Waals surface area contributed by atoms with E-state index < -0.39 is 12.0 Å². The number of aromatic hydroxyl groups is 1. The maximum atomic E-state index is 11.6. The van der Waals surface area contributed by atoms with E-state index in [1.807, 2.05) is 0 Å². The molecule has 1 aromatic heterocycles. The number of anilines is 1. The quantitative estimate of drug-likeness (QED) is 0.606. The smallest absolute Gasteiger partial charge is 0.337 e. The van der Waals surface area contributed by atoms with E-state index in [0.29, 0.717) is 0 Å². The summed E-state index contributed by atoms with van der Waals surface area (Å²) in [5.74, 6) is -1.20. The molecule has 1 heterocycles. The Morgan fingerprint density at radius 2 is 2.15 bits per heavy atom. The van der Waals surface area contributed by atoms with Crippen LogP contribution < -0.4 is 10.6 Å². The Bertz CT molecular complexity index is 626. The number of phenolic OH excluding ortho intramolecular Hbond substituents is 1. The first kappa shape index (κ1) is 13.3. The molecule has 1 aromatic carbocycles. The van der Waals surface area contributed by atoms with Crippen LogP contribution >= 0.6 is 0 Å². The second-order valence-electron chi connectivity index (χ2n) is 3.69. The molecule has 0 fully saturated rings. The fourth-order valence-electron chi connectivity index (χ4n) is 1.41. The average molecular weight is 278 g/mol. The zero-order chi connectivity index (χ0) is 14.5. The molecular formula is C11H10N4O5. The Morgan fingerprint density at radius 3 is 2.80 bits per heavy atom. The van der Waals surface area contributed by atoms with E-state index in [2.05, 4.69) is 25.3 Å². The first-order valence-electron chi connectivity index (χ1n) is 5.42. The van der Waals surface area contributed by atoms with Gasteiger partial charge in [0.25, 0.3) is 0 Å². The van der Waals surface area contributed by atoms with E-state index in [4.69, 9.17) is 5.11 Å². The van der Waals surface area contributed by atoms with Gasteiger partial charge in [0.2, 0.25) is 6.39 Å². The molecule has 0 saturated carbocycles. The Labute approximate surface area is 112 Å². The summed E-state index contributed by atoms with van der Waals surface area (Å²) >= 11 is 0. The molecule has 9 heteroatoms. The van der Waals surface area contributed by atoms with Crippen molar-refractivity contribution in [1.29, 1.82) is 0 Å². The molecule has 104 valence electrons. The molecular weight excluding hydrogens is 268 g/mol. The molecule has 2 rings (SSSR count). The van der Waals surface area contributed by atoms with Gasteiger partial charge in [-0.2, -0.15) is 4.98 Å². The molecule has 0 bridgehead atoms. The van der Waals surface area contributed by atoms with Crippen LogP contribution in [-0.2, 0) is 6.54 Å². The number of carbonyl (C=O) groups excluding carboxylic acids is 1. The third kappa shape index (κ3) is 3.22. The molecule has 0 saturated heterocycles. The molecule has 4 N–H and O–H groups in total. The predicted molar refractivity (Wildman–Crippen MR) is 65.2 cm³/mol. The van der Waals surface area contributed by atoms with Gasteiger partial charge < -0.3 is 25.4 Å². The van der Waals surface area contributed by atoms with Crippen molar-refractivity contribution in [2.75, 3.05) is 5.32 Å². The number of phenols is 1. The number of carboxylic acids is 1. The standard InChI is InChI=1S/C11H10N4O5/c16-6-1-2-8(7(3-6)10(17)18)14-11(19)12-4-9-13-5-20-15-9/h1-3,5,16H,4H2,(H,17,18)(H2,12,14,19). The summed E-state index contributed by atoms with van der Waals surface area (Å²) in [5, 5.41) is 26.5. The average Bonchev–Trinajstić information content (AvgIpc) is 2.91. The number of aromatic nitrogens is 2. The normalized spacial score (nSPS) is 10.0. The first-order valence-corrected chi connectivity index (χ1v) is 5.42. The van der Waals surface area contributed by atoms with Crippen molar-refractivity contribution in [3.05, 3.63) is 36.0 Å². The number of benzene rings is 1. The van der Waals surface area contributed by atoms with Gasteiger partial charge in [-0.15, -0.1) is 0 Å². The fourth-order valence-corrected chi connectivity index (χ4v) is 1.41. The molecule has 0 aliphatic heterocycles. The van der Waals surface area contributed by atoms with Crippen LogP contribution in [0.3, 0.4) is 0 Å². The lowest BCUT2D eigenvalue weighted by molar-refractivity contribution is 0.0697. The van der Waals surface area contributed by atoms with E-state index in [9.17, 15) is 14.7 Å². The van der Waals surface area contributed by atoms with Crippen LogP contribution in [0.15, 0.2) is 29.1 Å². The molecule has 0 aliphatic carbocycles. The Kier molecular flexibility index (Phi) is 3.80. The highest BCUT2D eigenvalue weighted by atomic mass is 16.5. The number of amides is 2. The van der Waals surface area contributed by atoms with Gasteiger partial charge in [0.05, 0.1) is 17.8 Å². The number of hydrogen-bond donors (Lipinski definition) is 4. The summed E-state index contributed by atoms with van der Waals surface area (Å²) in [7, 11) is 0. The van der Waals surface area contributed by atoms with Gasteiger partial charge >= 0.3 is 12.0 Å². The minimum Gasteiger partial charge on any atom is -0.508 e. The number of hydrogen-bond acceptors (Lipinski definition) is 6. The number of rotatable bonds is 4. The number of nitrogens with one attached hydrogen (secondary N) is 2. The summed E-state index contributed by atoms with van der Waals surface area (Å²) < 4.78 is 4.49. The molecule has 0 spiro atoms. The van der Waals surface area contributed by atoms with Gasteiger partial charge in [0.1, 0.15) is 5.75 Å². The van der Waals surface area contributed by atoms with Crippen molar-refractivity contribution in [2.24, 2.45) is 0 Å². The molecule has 0 aliphatic rings. The number of carboxylic acid groups (broad SMARTS) is 1. The van der Waals surface area contributed by atoms with E-state index in [-0.39, 0.29) is 29.4 Å². The van der Waals surface area contributed by atoms with Crippen LogP contribution in [0.2, 0.25) is 0 Å². The van der Waals surface area contributed by atoms with Gasteiger partial charge in [-0.25, -0.2) is 9.59 Å². The third-order valence-corrected chi connectivity index (χ3v) is 2.30. The summed E-state index contributed by atoms with van der Waals surface area (Å²) in [6.07, 6.45) is 1.12. The molecule has 0 radical (unpaired) electrons. The molecule has 9 nitrogen and oxygen atoms in total. The lowest BCUT2D eigenvalue weighted by Crippen LogP contribution is -2.29. The maximum Gasteiger partial charge on any atom is 0.337 e. The summed E-state index contributed by atoms with van der Waals surface area (Å²) in [6.45, 7) is 0.0306. The van der Waals surface area contributed by atoms with Gasteiger partial charge in [-0.1, -0.05) is 5.16 Å². The highest BCUT2D eigenvalue weighted by molar-refractivity contribution is 6.00. The van der Waals surface area contributed by atoms with Crippen molar-refractivity contribution < 1.29 is 24.3 Å². The van der Waals surface area contributed by atoms with Crippen LogP contribution in [0.5, 0.6) is 5.75 Å². The fraction of sp³-hybridized carbons (Fsp3) is 0.0909. The minimum absolute atomic E-state index is 0.0306. The first-order chi connectivity index (χ1) is 9.56. The van der Waals surface area contributed by atoms with Crippen LogP contribution in [0.4, 0.5) is 10.5 Å². The summed E-state index contributed by atoms with van der Waals surface area (Å²) in [4.78, 5) is 26.3. The second kappa shape index (κ2) is 5.69. The van der Waals surface area contributed by atoms with E-state index in [0.717, 1.165) is 12.5 Å². The molecule has 20 heavy (non-hydrogen) atoms. The van der Waals surface area contributed by atoms with Gasteiger partial charge in [0.15, 0.2) is 5.82 Å². The Balaban J connectivity index is 2.02. The Hall–Kier alpha value is -3.10. The maximum absolute atomic E-state index is 11.6. The van der Waals surface area contributed by atoms with Crippen molar-refractivity contribution in [2.45, 2.75) is 6.54 Å². The van der Waals surface area contributed by atoms with Gasteiger partial charge in [-0.3, -0.25) is 0 Å². The number of aromatic carboxylic acids is 1.